The lowest BCUT2D eigenvalue weighted by atomic mass is 10.1. The molecule has 0 spiro atoms. The zero-order chi connectivity index (χ0) is 12.7. The third-order valence-electron chi connectivity index (χ3n) is 2.85. The van der Waals surface area contributed by atoms with Gasteiger partial charge in [0.25, 0.3) is 0 Å². The van der Waals surface area contributed by atoms with Crippen molar-refractivity contribution < 1.29 is 17.9 Å². The van der Waals surface area contributed by atoms with E-state index in [1.807, 2.05) is 0 Å². The third-order valence-corrected chi connectivity index (χ3v) is 4.69. The molecule has 17 heavy (non-hydrogen) atoms. The number of hydrogen-bond donors (Lipinski definition) is 1. The molecule has 1 N–H and O–H groups in total. The molecule has 1 fully saturated rings. The summed E-state index contributed by atoms with van der Waals surface area (Å²) in [5, 5.41) is 9.75. The van der Waals surface area contributed by atoms with Gasteiger partial charge >= 0.3 is 0 Å². The van der Waals surface area contributed by atoms with Crippen LogP contribution >= 0.6 is 0 Å². The fourth-order valence-electron chi connectivity index (χ4n) is 1.89. The first-order valence-corrected chi connectivity index (χ1v) is 6.73. The van der Waals surface area contributed by atoms with Crippen molar-refractivity contribution in [2.45, 2.75) is 23.8 Å². The number of sulfonamides is 1. The van der Waals surface area contributed by atoms with E-state index in [1.54, 1.807) is 6.92 Å². The van der Waals surface area contributed by atoms with Crippen LogP contribution in [0.2, 0.25) is 0 Å². The van der Waals surface area contributed by atoms with Crippen molar-refractivity contribution in [3.05, 3.63) is 30.1 Å². The molecule has 0 aromatic heterocycles. The van der Waals surface area contributed by atoms with Gasteiger partial charge < -0.3 is 5.11 Å². The topological polar surface area (TPSA) is 57.6 Å². The normalized spacial score (nSPS) is 26.3. The molecule has 94 valence electrons. The van der Waals surface area contributed by atoms with Crippen LogP contribution in [-0.2, 0) is 10.0 Å². The van der Waals surface area contributed by atoms with Gasteiger partial charge in [0, 0.05) is 13.1 Å². The van der Waals surface area contributed by atoms with E-state index < -0.39 is 21.4 Å². The summed E-state index contributed by atoms with van der Waals surface area (Å²) in [6.45, 7) is 1.89. The summed E-state index contributed by atoms with van der Waals surface area (Å²) >= 11 is 0. The van der Waals surface area contributed by atoms with Crippen LogP contribution in [0.5, 0.6) is 0 Å². The second-order valence-electron chi connectivity index (χ2n) is 4.54. The number of aliphatic hydroxyl groups is 1. The first-order chi connectivity index (χ1) is 7.81. The van der Waals surface area contributed by atoms with Crippen molar-refractivity contribution in [1.82, 2.24) is 4.31 Å². The van der Waals surface area contributed by atoms with Crippen molar-refractivity contribution in [2.24, 2.45) is 0 Å². The molecule has 0 aliphatic carbocycles. The van der Waals surface area contributed by atoms with E-state index in [4.69, 9.17) is 0 Å². The van der Waals surface area contributed by atoms with Crippen molar-refractivity contribution in [2.75, 3.05) is 13.1 Å². The maximum absolute atomic E-state index is 13.0. The second kappa shape index (κ2) is 4.04. The van der Waals surface area contributed by atoms with Gasteiger partial charge in [-0.1, -0.05) is 6.07 Å². The van der Waals surface area contributed by atoms with Crippen LogP contribution in [0.15, 0.2) is 29.2 Å². The molecule has 1 heterocycles. The van der Waals surface area contributed by atoms with Gasteiger partial charge in [-0.3, -0.25) is 0 Å². The van der Waals surface area contributed by atoms with Crippen LogP contribution in [0, 0.1) is 5.82 Å². The lowest BCUT2D eigenvalue weighted by molar-refractivity contribution is 0.0762. The molecule has 1 aliphatic heterocycles. The highest BCUT2D eigenvalue weighted by molar-refractivity contribution is 7.89. The lowest BCUT2D eigenvalue weighted by Crippen LogP contribution is -2.33. The predicted octanol–water partition coefficient (Wildman–Crippen LogP) is 0.971. The Hall–Kier alpha value is -0.980. The van der Waals surface area contributed by atoms with Crippen LogP contribution in [-0.4, -0.2) is 36.5 Å². The maximum atomic E-state index is 13.0. The highest BCUT2D eigenvalue weighted by Crippen LogP contribution is 2.26. The summed E-state index contributed by atoms with van der Waals surface area (Å²) in [6, 6.07) is 4.89. The summed E-state index contributed by atoms with van der Waals surface area (Å²) in [4.78, 5) is -0.0739. The van der Waals surface area contributed by atoms with Crippen molar-refractivity contribution >= 4 is 10.0 Å². The zero-order valence-electron chi connectivity index (χ0n) is 9.43. The molecule has 1 atom stereocenters. The van der Waals surface area contributed by atoms with Crippen LogP contribution in [0.25, 0.3) is 0 Å². The Kier molecular flexibility index (Phi) is 2.97. The van der Waals surface area contributed by atoms with Crippen LogP contribution in [0.1, 0.15) is 13.3 Å². The molecule has 1 aromatic rings. The van der Waals surface area contributed by atoms with E-state index in [9.17, 15) is 17.9 Å². The lowest BCUT2D eigenvalue weighted by Gasteiger charge is -2.18. The Labute approximate surface area is 99.7 Å². The molecule has 1 saturated heterocycles. The van der Waals surface area contributed by atoms with Gasteiger partial charge in [0.2, 0.25) is 10.0 Å². The molecule has 6 heteroatoms. The molecule has 1 aliphatic rings. The molecule has 1 aromatic carbocycles. The molecule has 4 nitrogen and oxygen atoms in total. The number of rotatable bonds is 2. The summed E-state index contributed by atoms with van der Waals surface area (Å²) in [5.74, 6) is -0.586. The van der Waals surface area contributed by atoms with E-state index in [-0.39, 0.29) is 18.0 Å². The zero-order valence-corrected chi connectivity index (χ0v) is 10.2. The molecule has 2 rings (SSSR count). The van der Waals surface area contributed by atoms with Crippen molar-refractivity contribution in [3.63, 3.8) is 0 Å². The second-order valence-corrected chi connectivity index (χ2v) is 6.48. The largest absolute Gasteiger partial charge is 0.389 e. The Balaban J connectivity index is 2.32. The van der Waals surface area contributed by atoms with Gasteiger partial charge in [0.1, 0.15) is 5.82 Å². The minimum atomic E-state index is -3.70. The van der Waals surface area contributed by atoms with Crippen LogP contribution in [0.4, 0.5) is 4.39 Å². The minimum absolute atomic E-state index is 0.0475. The van der Waals surface area contributed by atoms with Gasteiger partial charge in [-0.2, -0.15) is 4.31 Å². The number of nitrogens with zero attached hydrogens (tertiary/aromatic N) is 1. The molecular formula is C11H14FNO3S. The van der Waals surface area contributed by atoms with E-state index in [0.717, 1.165) is 6.07 Å². The average molecular weight is 259 g/mol. The first-order valence-electron chi connectivity index (χ1n) is 5.29. The fourth-order valence-corrected chi connectivity index (χ4v) is 3.48. The van der Waals surface area contributed by atoms with E-state index >= 15 is 0 Å². The van der Waals surface area contributed by atoms with Gasteiger partial charge in [-0.25, -0.2) is 12.8 Å². The minimum Gasteiger partial charge on any atom is -0.389 e. The number of halogens is 1. The van der Waals surface area contributed by atoms with E-state index in [0.29, 0.717) is 6.42 Å². The Bertz CT molecular complexity index is 527. The highest BCUT2D eigenvalue weighted by atomic mass is 32.2. The fraction of sp³-hybridized carbons (Fsp3) is 0.455. The standard InChI is InChI=1S/C11H14FNO3S/c1-11(14)5-6-13(8-11)17(15,16)10-4-2-3-9(12)7-10/h2-4,7,14H,5-6,8H2,1H3. The summed E-state index contributed by atoms with van der Waals surface area (Å²) < 4.78 is 38.4. The molecule has 0 saturated carbocycles. The number of β-amino-alcohol motifs (C(OH)–C–C–N with tert-alkyl or cyclic N) is 1. The molecule has 0 amide bonds. The van der Waals surface area contributed by atoms with E-state index in [1.165, 1.54) is 22.5 Å². The summed E-state index contributed by atoms with van der Waals surface area (Å²) in [6.07, 6.45) is 0.390. The van der Waals surface area contributed by atoms with Gasteiger partial charge in [0.15, 0.2) is 0 Å². The van der Waals surface area contributed by atoms with Gasteiger partial charge in [-0.15, -0.1) is 0 Å². The Morgan fingerprint density at radius 3 is 2.71 bits per heavy atom. The average Bonchev–Trinajstić information content (AvgIpc) is 2.59. The molecule has 0 radical (unpaired) electrons. The van der Waals surface area contributed by atoms with E-state index in [2.05, 4.69) is 0 Å². The van der Waals surface area contributed by atoms with Crippen molar-refractivity contribution in [1.29, 1.82) is 0 Å². The smallest absolute Gasteiger partial charge is 0.243 e. The van der Waals surface area contributed by atoms with Crippen molar-refractivity contribution in [3.8, 4) is 0 Å². The van der Waals surface area contributed by atoms with Crippen LogP contribution in [0.3, 0.4) is 0 Å². The van der Waals surface area contributed by atoms with Crippen LogP contribution < -0.4 is 0 Å². The Morgan fingerprint density at radius 1 is 1.47 bits per heavy atom. The number of hydrogen-bond acceptors (Lipinski definition) is 3. The first kappa shape index (κ1) is 12.5. The molecular weight excluding hydrogens is 245 g/mol. The molecule has 0 bridgehead atoms. The highest BCUT2D eigenvalue weighted by Gasteiger charge is 2.38. The molecule has 1 unspecified atom stereocenters. The monoisotopic (exact) mass is 259 g/mol. The predicted molar refractivity (Wildman–Crippen MR) is 60.4 cm³/mol. The summed E-state index contributed by atoms with van der Waals surface area (Å²) in [7, 11) is -3.70. The Morgan fingerprint density at radius 2 is 2.18 bits per heavy atom. The summed E-state index contributed by atoms with van der Waals surface area (Å²) in [5.41, 5.74) is -1.000. The maximum Gasteiger partial charge on any atom is 0.243 e. The van der Waals surface area contributed by atoms with Gasteiger partial charge in [-0.05, 0) is 31.5 Å². The SMILES string of the molecule is CC1(O)CCN(S(=O)(=O)c2cccc(F)c2)C1. The third kappa shape index (κ3) is 2.48. The number of benzene rings is 1. The quantitative estimate of drug-likeness (QED) is 0.861. The van der Waals surface area contributed by atoms with Gasteiger partial charge in [0.05, 0.1) is 10.5 Å².